The van der Waals surface area contributed by atoms with Crippen molar-refractivity contribution in [2.75, 3.05) is 19.6 Å². The molecule has 2 fully saturated rings. The number of carbonyl (C=O) groups excluding carboxylic acids is 2. The Balaban J connectivity index is 1.40. The fourth-order valence-corrected chi connectivity index (χ4v) is 7.98. The van der Waals surface area contributed by atoms with Crippen molar-refractivity contribution >= 4 is 32.2 Å². The van der Waals surface area contributed by atoms with Gasteiger partial charge in [0.2, 0.25) is 15.9 Å². The second kappa shape index (κ2) is 12.5. The Morgan fingerprint density at radius 1 is 0.854 bits per heavy atom. The maximum Gasteiger partial charge on any atom is 0.422 e. The van der Waals surface area contributed by atoms with Crippen molar-refractivity contribution < 1.29 is 31.2 Å². The largest absolute Gasteiger partial charge is 0.443 e. The number of hydrogen-bond donors (Lipinski definition) is 2. The number of piperidine rings is 2. The van der Waals surface area contributed by atoms with Crippen molar-refractivity contribution in [2.45, 2.75) is 69.0 Å². The fraction of sp³-hybridized carbons (Fsp3) is 0.500. The van der Waals surface area contributed by atoms with E-state index in [2.05, 4.69) is 4.72 Å². The van der Waals surface area contributed by atoms with Gasteiger partial charge in [0.25, 0.3) is 0 Å². The fourth-order valence-electron chi connectivity index (χ4n) is 5.28. The number of amides is 2. The molecule has 0 radical (unpaired) electrons. The summed E-state index contributed by atoms with van der Waals surface area (Å²) in [6.07, 6.45) is 0.669. The van der Waals surface area contributed by atoms with E-state index >= 15 is 0 Å². The zero-order valence-corrected chi connectivity index (χ0v) is 25.2. The molecule has 2 amide bonds. The summed E-state index contributed by atoms with van der Waals surface area (Å²) in [5, 5.41) is 0. The number of benzene rings is 2. The molecule has 2 aromatic carbocycles. The van der Waals surface area contributed by atoms with E-state index in [4.69, 9.17) is 4.74 Å². The lowest BCUT2D eigenvalue weighted by atomic mass is 9.89. The van der Waals surface area contributed by atoms with Crippen molar-refractivity contribution in [1.29, 1.82) is 0 Å². The van der Waals surface area contributed by atoms with E-state index in [1.807, 2.05) is 35.1 Å². The van der Waals surface area contributed by atoms with Gasteiger partial charge in [-0.3, -0.25) is 4.79 Å². The van der Waals surface area contributed by atoms with Crippen molar-refractivity contribution in [2.24, 2.45) is 5.92 Å². The Kier molecular flexibility index (Phi) is 9.42. The van der Waals surface area contributed by atoms with Crippen LogP contribution in [0.3, 0.4) is 0 Å². The third-order valence-electron chi connectivity index (χ3n) is 7.16. The van der Waals surface area contributed by atoms with Gasteiger partial charge in [0.1, 0.15) is 5.60 Å². The van der Waals surface area contributed by atoms with Gasteiger partial charge in [0.05, 0.1) is 16.9 Å². The van der Waals surface area contributed by atoms with E-state index < -0.39 is 43.9 Å². The van der Waals surface area contributed by atoms with Gasteiger partial charge in [-0.2, -0.15) is 17.4 Å². The van der Waals surface area contributed by atoms with Gasteiger partial charge in [-0.1, -0.05) is 48.5 Å². The maximum atomic E-state index is 13.7. The van der Waals surface area contributed by atoms with Crippen LogP contribution in [0.4, 0.5) is 4.79 Å². The van der Waals surface area contributed by atoms with Crippen LogP contribution in [0.1, 0.15) is 58.1 Å². The third-order valence-corrected chi connectivity index (χ3v) is 10.1. The van der Waals surface area contributed by atoms with Crippen LogP contribution in [0, 0.1) is 5.92 Å². The van der Waals surface area contributed by atoms with Crippen LogP contribution in [0.5, 0.6) is 0 Å². The lowest BCUT2D eigenvalue weighted by molar-refractivity contribution is -0.138. The highest BCUT2D eigenvalue weighted by molar-refractivity contribution is 7.89. The molecule has 0 aromatic heterocycles. The lowest BCUT2D eigenvalue weighted by Crippen LogP contribution is -2.53. The standard InChI is InChI=1S/C28H38N4O7S2/c1-28(2,3)39-27(34)30-41(37,38)29-23-16-18-31(19-17-23)26(33)22-14-15-25(21-10-6-4-7-11-21)32(20-22)40(35,36)24-12-8-5-9-13-24/h4-13,22-23,25,29H,14-20H2,1-3H3,(H,30,34). The van der Waals surface area contributed by atoms with Gasteiger partial charge >= 0.3 is 16.3 Å². The van der Waals surface area contributed by atoms with Crippen molar-refractivity contribution in [1.82, 2.24) is 18.6 Å². The molecular formula is C28H38N4O7S2. The number of nitrogens with zero attached hydrogens (tertiary/aromatic N) is 2. The molecule has 0 aliphatic carbocycles. The first kappa shape index (κ1) is 30.9. The topological polar surface area (TPSA) is 142 Å². The van der Waals surface area contributed by atoms with Crippen LogP contribution in [0.25, 0.3) is 0 Å². The molecule has 2 aliphatic heterocycles. The first-order chi connectivity index (χ1) is 19.2. The van der Waals surface area contributed by atoms with E-state index in [1.54, 1.807) is 56.0 Å². The Labute approximate surface area is 242 Å². The first-order valence-electron chi connectivity index (χ1n) is 13.7. The summed E-state index contributed by atoms with van der Waals surface area (Å²) in [5.74, 6) is -0.659. The smallest absolute Gasteiger partial charge is 0.422 e. The Morgan fingerprint density at radius 3 is 2.02 bits per heavy atom. The summed E-state index contributed by atoms with van der Waals surface area (Å²) in [4.78, 5) is 27.3. The average Bonchev–Trinajstić information content (AvgIpc) is 2.92. The number of carbonyl (C=O) groups is 2. The van der Waals surface area contributed by atoms with Gasteiger partial charge in [-0.25, -0.2) is 17.9 Å². The summed E-state index contributed by atoms with van der Waals surface area (Å²) < 4.78 is 63.0. The molecule has 41 heavy (non-hydrogen) atoms. The van der Waals surface area contributed by atoms with Gasteiger partial charge < -0.3 is 9.64 Å². The molecule has 0 bridgehead atoms. The van der Waals surface area contributed by atoms with Crippen molar-refractivity contribution in [3.63, 3.8) is 0 Å². The highest BCUT2D eigenvalue weighted by Crippen LogP contribution is 2.38. The minimum atomic E-state index is -4.14. The monoisotopic (exact) mass is 606 g/mol. The van der Waals surface area contributed by atoms with Crippen molar-refractivity contribution in [3.8, 4) is 0 Å². The predicted octanol–water partition coefficient (Wildman–Crippen LogP) is 3.18. The summed E-state index contributed by atoms with van der Waals surface area (Å²) in [6.45, 7) is 5.56. The molecule has 13 heteroatoms. The predicted molar refractivity (Wildman–Crippen MR) is 153 cm³/mol. The molecular weight excluding hydrogens is 568 g/mol. The second-order valence-corrected chi connectivity index (χ2v) is 14.8. The van der Waals surface area contributed by atoms with Gasteiger partial charge in [0, 0.05) is 25.7 Å². The molecule has 4 rings (SSSR count). The third kappa shape index (κ3) is 8.06. The van der Waals surface area contributed by atoms with E-state index in [9.17, 15) is 26.4 Å². The van der Waals surface area contributed by atoms with Crippen LogP contribution >= 0.6 is 0 Å². The number of hydrogen-bond acceptors (Lipinski definition) is 7. The van der Waals surface area contributed by atoms with E-state index in [0.717, 1.165) is 5.56 Å². The molecule has 2 aromatic rings. The van der Waals surface area contributed by atoms with E-state index in [0.29, 0.717) is 38.8 Å². The Hall–Kier alpha value is -3.00. The first-order valence-corrected chi connectivity index (χ1v) is 16.6. The molecule has 0 spiro atoms. The Morgan fingerprint density at radius 2 is 1.44 bits per heavy atom. The average molecular weight is 607 g/mol. The highest BCUT2D eigenvalue weighted by atomic mass is 32.2. The zero-order chi connectivity index (χ0) is 29.8. The molecule has 2 unspecified atom stereocenters. The van der Waals surface area contributed by atoms with Crippen LogP contribution in [0.15, 0.2) is 65.6 Å². The minimum absolute atomic E-state index is 0.0575. The van der Waals surface area contributed by atoms with Crippen LogP contribution in [-0.4, -0.2) is 69.3 Å². The summed E-state index contributed by atoms with van der Waals surface area (Å²) in [5.41, 5.74) is 0.0349. The molecule has 2 saturated heterocycles. The molecule has 0 saturated carbocycles. The quantitative estimate of drug-likeness (QED) is 0.493. The van der Waals surface area contributed by atoms with Crippen LogP contribution in [-0.2, 0) is 29.8 Å². The second-order valence-electron chi connectivity index (χ2n) is 11.4. The lowest BCUT2D eigenvalue weighted by Gasteiger charge is -2.41. The van der Waals surface area contributed by atoms with Crippen LogP contribution in [0.2, 0.25) is 0 Å². The summed E-state index contributed by atoms with van der Waals surface area (Å²) in [7, 11) is -8.01. The SMILES string of the molecule is CC(C)(C)OC(=O)NS(=O)(=O)NC1CCN(C(=O)C2CCC(c3ccccc3)N(S(=O)(=O)c3ccccc3)C2)CC1. The number of rotatable bonds is 7. The molecule has 2 heterocycles. The van der Waals surface area contributed by atoms with Gasteiger partial charge in [0.15, 0.2) is 0 Å². The highest BCUT2D eigenvalue weighted by Gasteiger charge is 2.41. The number of nitrogens with one attached hydrogen (secondary N) is 2. The van der Waals surface area contributed by atoms with Gasteiger partial charge in [-0.05, 0) is 64.2 Å². The van der Waals surface area contributed by atoms with Crippen LogP contribution < -0.4 is 9.44 Å². The molecule has 2 atom stereocenters. The molecule has 11 nitrogen and oxygen atoms in total. The van der Waals surface area contributed by atoms with Crippen molar-refractivity contribution in [3.05, 3.63) is 66.2 Å². The molecule has 224 valence electrons. The Bertz CT molecular complexity index is 1420. The molecule has 2 aliphatic rings. The minimum Gasteiger partial charge on any atom is -0.443 e. The normalized spacial score (nSPS) is 21.3. The van der Waals surface area contributed by atoms with E-state index in [-0.39, 0.29) is 23.4 Å². The summed E-state index contributed by atoms with van der Waals surface area (Å²) >= 11 is 0. The summed E-state index contributed by atoms with van der Waals surface area (Å²) in [6, 6.07) is 16.8. The number of likely N-dealkylation sites (tertiary alicyclic amines) is 1. The zero-order valence-electron chi connectivity index (χ0n) is 23.5. The maximum absolute atomic E-state index is 13.7. The molecule has 2 N–H and O–H groups in total. The van der Waals surface area contributed by atoms with Gasteiger partial charge in [-0.15, -0.1) is 0 Å². The number of ether oxygens (including phenoxy) is 1. The van der Waals surface area contributed by atoms with E-state index in [1.165, 1.54) is 4.31 Å². The number of sulfonamides is 1.